The van der Waals surface area contributed by atoms with Gasteiger partial charge < -0.3 is 19.9 Å². The zero-order valence-corrected chi connectivity index (χ0v) is 21.5. The number of amides is 3. The number of carbonyl (C=O) groups excluding carboxylic acids is 3. The van der Waals surface area contributed by atoms with E-state index in [1.54, 1.807) is 54.6 Å². The number of carboxylic acids is 1. The minimum atomic E-state index is -1.03. The molecule has 0 atom stereocenters. The molecule has 0 saturated carbocycles. The lowest BCUT2D eigenvalue weighted by Crippen LogP contribution is -2.36. The average Bonchev–Trinajstić information content (AvgIpc) is 3.16. The molecule has 194 valence electrons. The number of carbonyl (C=O) groups is 4. The molecular weight excluding hydrogens is 532 g/mol. The van der Waals surface area contributed by atoms with Gasteiger partial charge in [-0.3, -0.25) is 19.3 Å². The van der Waals surface area contributed by atoms with Crippen molar-refractivity contribution < 1.29 is 33.8 Å². The van der Waals surface area contributed by atoms with E-state index < -0.39 is 29.6 Å². The maximum absolute atomic E-state index is 12.8. The van der Waals surface area contributed by atoms with Crippen LogP contribution in [0.15, 0.2) is 71.6 Å². The second-order valence-corrected chi connectivity index (χ2v) is 9.43. The number of halogens is 1. The number of carboxylic acid groups (broad SMARTS) is 1. The van der Waals surface area contributed by atoms with E-state index in [0.29, 0.717) is 28.3 Å². The molecule has 1 aliphatic rings. The lowest BCUT2D eigenvalue weighted by molar-refractivity contribution is -0.127. The molecule has 0 spiro atoms. The van der Waals surface area contributed by atoms with Crippen LogP contribution in [0, 0.1) is 0 Å². The molecule has 0 aliphatic carbocycles. The monoisotopic (exact) mass is 552 g/mol. The van der Waals surface area contributed by atoms with E-state index in [4.69, 9.17) is 26.2 Å². The fourth-order valence-corrected chi connectivity index (χ4v) is 4.57. The highest BCUT2D eigenvalue weighted by Crippen LogP contribution is 2.34. The van der Waals surface area contributed by atoms with Crippen molar-refractivity contribution in [1.82, 2.24) is 4.90 Å². The number of methoxy groups -OCH3 is 1. The summed E-state index contributed by atoms with van der Waals surface area (Å²) in [6.07, 6.45) is 1.51. The predicted octanol–water partition coefficient (Wildman–Crippen LogP) is 5.30. The minimum absolute atomic E-state index is 0.109. The van der Waals surface area contributed by atoms with Gasteiger partial charge in [-0.15, -0.1) is 0 Å². The van der Waals surface area contributed by atoms with Crippen LogP contribution in [0.5, 0.6) is 11.5 Å². The maximum atomic E-state index is 12.8. The van der Waals surface area contributed by atoms with Crippen LogP contribution in [-0.4, -0.2) is 46.7 Å². The molecule has 1 saturated heterocycles. The van der Waals surface area contributed by atoms with Gasteiger partial charge in [0, 0.05) is 5.69 Å². The van der Waals surface area contributed by atoms with Crippen LogP contribution in [0.2, 0.25) is 5.02 Å². The fourth-order valence-electron chi connectivity index (χ4n) is 3.49. The highest BCUT2D eigenvalue weighted by Gasteiger charge is 2.36. The van der Waals surface area contributed by atoms with Crippen molar-refractivity contribution in [3.05, 3.63) is 93.3 Å². The summed E-state index contributed by atoms with van der Waals surface area (Å²) < 4.78 is 10.8. The normalized spacial score (nSPS) is 14.1. The Bertz CT molecular complexity index is 1440. The van der Waals surface area contributed by atoms with E-state index in [9.17, 15) is 19.2 Å². The van der Waals surface area contributed by atoms with Gasteiger partial charge in [-0.25, -0.2) is 4.79 Å². The van der Waals surface area contributed by atoms with Crippen LogP contribution in [-0.2, 0) is 16.2 Å². The van der Waals surface area contributed by atoms with Crippen molar-refractivity contribution in [1.29, 1.82) is 0 Å². The van der Waals surface area contributed by atoms with Crippen LogP contribution < -0.4 is 14.8 Å². The number of imide groups is 1. The number of aromatic carboxylic acids is 1. The molecule has 3 aromatic rings. The minimum Gasteiger partial charge on any atom is -0.497 e. The Balaban J connectivity index is 1.38. The summed E-state index contributed by atoms with van der Waals surface area (Å²) in [5, 5.41) is 11.5. The number of nitrogens with zero attached hydrogens (tertiary/aromatic N) is 1. The third kappa shape index (κ3) is 6.53. The molecule has 0 aromatic heterocycles. The number of rotatable bonds is 9. The molecule has 1 heterocycles. The summed E-state index contributed by atoms with van der Waals surface area (Å²) in [4.78, 5) is 49.8. The summed E-state index contributed by atoms with van der Waals surface area (Å²) in [6, 6.07) is 17.9. The first-order valence-electron chi connectivity index (χ1n) is 11.2. The molecule has 1 fully saturated rings. The van der Waals surface area contributed by atoms with Gasteiger partial charge in [0.05, 0.1) is 22.6 Å². The van der Waals surface area contributed by atoms with Crippen LogP contribution in [0.3, 0.4) is 0 Å². The first-order valence-corrected chi connectivity index (χ1v) is 12.4. The molecule has 2 N–H and O–H groups in total. The first kappa shape index (κ1) is 26.8. The highest BCUT2D eigenvalue weighted by molar-refractivity contribution is 8.18. The Morgan fingerprint density at radius 2 is 1.84 bits per heavy atom. The van der Waals surface area contributed by atoms with Gasteiger partial charge in [0.15, 0.2) is 0 Å². The number of hydrogen-bond donors (Lipinski definition) is 2. The second-order valence-electron chi connectivity index (χ2n) is 8.03. The highest BCUT2D eigenvalue weighted by atomic mass is 35.5. The average molecular weight is 553 g/mol. The third-order valence-electron chi connectivity index (χ3n) is 5.37. The molecule has 38 heavy (non-hydrogen) atoms. The first-order chi connectivity index (χ1) is 18.2. The Morgan fingerprint density at radius 1 is 1.08 bits per heavy atom. The number of hydrogen-bond acceptors (Lipinski definition) is 7. The number of thioether (sulfide) groups is 1. The summed E-state index contributed by atoms with van der Waals surface area (Å²) in [5.41, 5.74) is 1.88. The zero-order chi connectivity index (χ0) is 27.2. The smallest absolute Gasteiger partial charge is 0.335 e. The molecule has 0 radical (unpaired) electrons. The number of nitrogens with one attached hydrogen (secondary N) is 1. The van der Waals surface area contributed by atoms with Crippen molar-refractivity contribution in [3.63, 3.8) is 0 Å². The molecule has 0 bridgehead atoms. The summed E-state index contributed by atoms with van der Waals surface area (Å²) in [7, 11) is 1.53. The quantitative estimate of drug-likeness (QED) is 0.343. The van der Waals surface area contributed by atoms with Crippen molar-refractivity contribution in [3.8, 4) is 11.5 Å². The van der Waals surface area contributed by atoms with Gasteiger partial charge >= 0.3 is 5.97 Å². The standard InChI is InChI=1S/C27H21ClN2O7S/c1-36-20-8-6-19(7-9-20)29-24(31)14-30-25(32)23(38-27(30)35)13-16-5-10-22(21(28)12-16)37-15-17-3-2-4-18(11-17)26(33)34/h2-13H,14-15H2,1H3,(H,29,31)(H,33,34)/b23-13+. The number of ether oxygens (including phenoxy) is 2. The largest absolute Gasteiger partial charge is 0.497 e. The number of anilines is 1. The van der Waals surface area contributed by atoms with Crippen molar-refractivity contribution in [2.75, 3.05) is 19.0 Å². The molecule has 1 aliphatic heterocycles. The molecule has 4 rings (SSSR count). The summed E-state index contributed by atoms with van der Waals surface area (Å²) in [5.74, 6) is -1.13. The van der Waals surface area contributed by atoms with E-state index in [2.05, 4.69) is 5.32 Å². The summed E-state index contributed by atoms with van der Waals surface area (Å²) in [6.45, 7) is -0.317. The van der Waals surface area contributed by atoms with Gasteiger partial charge in [-0.1, -0.05) is 29.8 Å². The Hall–Kier alpha value is -4.28. The zero-order valence-electron chi connectivity index (χ0n) is 20.0. The van der Waals surface area contributed by atoms with Crippen molar-refractivity contribution in [2.24, 2.45) is 0 Å². The van der Waals surface area contributed by atoms with Gasteiger partial charge in [-0.05, 0) is 77.5 Å². The lowest BCUT2D eigenvalue weighted by atomic mass is 10.1. The van der Waals surface area contributed by atoms with Crippen molar-refractivity contribution in [2.45, 2.75) is 6.61 Å². The molecule has 11 heteroatoms. The maximum Gasteiger partial charge on any atom is 0.335 e. The molecule has 9 nitrogen and oxygen atoms in total. The van der Waals surface area contributed by atoms with Crippen LogP contribution >= 0.6 is 23.4 Å². The SMILES string of the molecule is COc1ccc(NC(=O)CN2C(=O)S/C(=C/c3ccc(OCc4cccc(C(=O)O)c4)c(Cl)c3)C2=O)cc1. The van der Waals surface area contributed by atoms with Crippen molar-refractivity contribution >= 4 is 58.1 Å². The van der Waals surface area contributed by atoms with Gasteiger partial charge in [0.1, 0.15) is 24.7 Å². The van der Waals surface area contributed by atoms with E-state index >= 15 is 0 Å². The van der Waals surface area contributed by atoms with E-state index in [0.717, 1.165) is 16.7 Å². The molecule has 0 unspecified atom stereocenters. The van der Waals surface area contributed by atoms with Crippen LogP contribution in [0.1, 0.15) is 21.5 Å². The topological polar surface area (TPSA) is 122 Å². The Labute approximate surface area is 227 Å². The Morgan fingerprint density at radius 3 is 2.53 bits per heavy atom. The third-order valence-corrected chi connectivity index (χ3v) is 6.57. The van der Waals surface area contributed by atoms with Gasteiger partial charge in [0.25, 0.3) is 11.1 Å². The number of benzene rings is 3. The van der Waals surface area contributed by atoms with E-state index in [1.165, 1.54) is 25.3 Å². The molecular formula is C27H21ClN2O7S. The fraction of sp³-hybridized carbons (Fsp3) is 0.111. The molecule has 3 aromatic carbocycles. The van der Waals surface area contributed by atoms with Gasteiger partial charge in [0.2, 0.25) is 5.91 Å². The summed E-state index contributed by atoms with van der Waals surface area (Å²) >= 11 is 7.07. The predicted molar refractivity (Wildman–Crippen MR) is 143 cm³/mol. The lowest BCUT2D eigenvalue weighted by Gasteiger charge is -2.12. The second kappa shape index (κ2) is 11.8. The van der Waals surface area contributed by atoms with E-state index in [1.807, 2.05) is 0 Å². The van der Waals surface area contributed by atoms with Crippen LogP contribution in [0.4, 0.5) is 10.5 Å². The van der Waals surface area contributed by atoms with Crippen LogP contribution in [0.25, 0.3) is 6.08 Å². The van der Waals surface area contributed by atoms with E-state index in [-0.39, 0.29) is 22.1 Å². The Kier molecular flexibility index (Phi) is 8.35. The van der Waals surface area contributed by atoms with Gasteiger partial charge in [-0.2, -0.15) is 0 Å². The molecule has 3 amide bonds.